The van der Waals surface area contributed by atoms with Crippen molar-refractivity contribution in [3.63, 3.8) is 0 Å². The number of hydrogen-bond acceptors (Lipinski definition) is 4. The fraction of sp³-hybridized carbons (Fsp3) is 0.0769. The van der Waals surface area contributed by atoms with E-state index in [2.05, 4.69) is 9.71 Å². The van der Waals surface area contributed by atoms with Gasteiger partial charge in [-0.15, -0.1) is 0 Å². The first-order valence-electron chi connectivity index (χ1n) is 5.72. The van der Waals surface area contributed by atoms with E-state index in [1.807, 2.05) is 6.07 Å². The van der Waals surface area contributed by atoms with E-state index in [4.69, 9.17) is 28.5 Å². The minimum Gasteiger partial charge on any atom is -0.242 e. The maximum Gasteiger partial charge on any atom is 0.242 e. The summed E-state index contributed by atoms with van der Waals surface area (Å²) < 4.78 is 26.6. The molecule has 2 rings (SSSR count). The van der Waals surface area contributed by atoms with Gasteiger partial charge in [-0.3, -0.25) is 0 Å². The molecule has 0 spiro atoms. The summed E-state index contributed by atoms with van der Waals surface area (Å²) in [5.41, 5.74) is 1.24. The smallest absolute Gasteiger partial charge is 0.242 e. The van der Waals surface area contributed by atoms with Gasteiger partial charge >= 0.3 is 0 Å². The van der Waals surface area contributed by atoms with Crippen LogP contribution >= 0.6 is 23.2 Å². The molecule has 21 heavy (non-hydrogen) atoms. The van der Waals surface area contributed by atoms with Gasteiger partial charge < -0.3 is 0 Å². The lowest BCUT2D eigenvalue weighted by atomic mass is 10.1. The molecular formula is C13H9Cl2N3O2S. The van der Waals surface area contributed by atoms with E-state index in [0.717, 1.165) is 11.8 Å². The second kappa shape index (κ2) is 6.41. The molecule has 0 amide bonds. The fourth-order valence-corrected chi connectivity index (χ4v) is 2.83. The van der Waals surface area contributed by atoms with Crippen LogP contribution in [0.1, 0.15) is 11.1 Å². The zero-order valence-corrected chi connectivity index (χ0v) is 12.9. The topological polar surface area (TPSA) is 82.9 Å². The van der Waals surface area contributed by atoms with Crippen molar-refractivity contribution in [1.82, 2.24) is 9.71 Å². The van der Waals surface area contributed by atoms with E-state index in [1.54, 1.807) is 24.3 Å². The summed E-state index contributed by atoms with van der Waals surface area (Å²) in [4.78, 5) is 3.64. The molecule has 0 unspecified atom stereocenters. The molecule has 0 saturated heterocycles. The Kier molecular flexibility index (Phi) is 4.80. The Balaban J connectivity index is 2.13. The van der Waals surface area contributed by atoms with Crippen LogP contribution in [0.25, 0.3) is 0 Å². The van der Waals surface area contributed by atoms with Gasteiger partial charge in [0.1, 0.15) is 10.0 Å². The van der Waals surface area contributed by atoms with Gasteiger partial charge in [-0.05, 0) is 23.8 Å². The quantitative estimate of drug-likeness (QED) is 0.866. The number of nitrogens with zero attached hydrogens (tertiary/aromatic N) is 2. The first-order chi connectivity index (χ1) is 9.92. The van der Waals surface area contributed by atoms with Crippen LogP contribution in [0.2, 0.25) is 10.2 Å². The van der Waals surface area contributed by atoms with E-state index >= 15 is 0 Å². The molecule has 1 aromatic heterocycles. The van der Waals surface area contributed by atoms with Crippen LogP contribution in [0, 0.1) is 11.3 Å². The number of aromatic nitrogens is 1. The molecule has 0 aliphatic heterocycles. The Morgan fingerprint density at radius 1 is 1.24 bits per heavy atom. The summed E-state index contributed by atoms with van der Waals surface area (Å²) in [5, 5.41) is 8.80. The number of sulfonamides is 1. The molecule has 0 radical (unpaired) electrons. The molecule has 1 N–H and O–H groups in total. The molecule has 0 atom stereocenters. The Labute approximate surface area is 132 Å². The molecular weight excluding hydrogens is 333 g/mol. The van der Waals surface area contributed by atoms with E-state index < -0.39 is 10.0 Å². The lowest BCUT2D eigenvalue weighted by molar-refractivity contribution is 0.581. The van der Waals surface area contributed by atoms with Crippen LogP contribution in [0.4, 0.5) is 0 Å². The average molecular weight is 342 g/mol. The molecule has 1 aromatic carbocycles. The fourth-order valence-electron chi connectivity index (χ4n) is 1.51. The summed E-state index contributed by atoms with van der Waals surface area (Å²) >= 11 is 11.4. The van der Waals surface area contributed by atoms with E-state index in [-0.39, 0.29) is 21.6 Å². The summed E-state index contributed by atoms with van der Waals surface area (Å²) in [6, 6.07) is 9.80. The van der Waals surface area contributed by atoms with Gasteiger partial charge in [0.2, 0.25) is 10.0 Å². The van der Waals surface area contributed by atoms with Crippen molar-refractivity contribution in [1.29, 1.82) is 5.26 Å². The first-order valence-corrected chi connectivity index (χ1v) is 7.96. The van der Waals surface area contributed by atoms with Crippen LogP contribution in [-0.2, 0) is 16.6 Å². The molecule has 5 nitrogen and oxygen atoms in total. The molecule has 0 saturated carbocycles. The lowest BCUT2D eigenvalue weighted by Crippen LogP contribution is -2.23. The first kappa shape index (κ1) is 15.7. The highest BCUT2D eigenvalue weighted by Crippen LogP contribution is 2.22. The number of nitriles is 1. The number of pyridine rings is 1. The third kappa shape index (κ3) is 3.93. The molecule has 8 heteroatoms. The van der Waals surface area contributed by atoms with Gasteiger partial charge in [0.25, 0.3) is 0 Å². The third-order valence-electron chi connectivity index (χ3n) is 2.63. The van der Waals surface area contributed by atoms with E-state index in [0.29, 0.717) is 5.56 Å². The van der Waals surface area contributed by atoms with Gasteiger partial charge in [-0.1, -0.05) is 35.3 Å². The predicted molar refractivity (Wildman–Crippen MR) is 79.4 cm³/mol. The maximum atomic E-state index is 12.1. The molecule has 2 aromatic rings. The second-order valence-corrected chi connectivity index (χ2v) is 6.61. The Hall–Kier alpha value is -1.65. The highest BCUT2D eigenvalue weighted by Gasteiger charge is 2.16. The number of rotatable bonds is 4. The van der Waals surface area contributed by atoms with Gasteiger partial charge in [0, 0.05) is 12.7 Å². The minimum atomic E-state index is -3.73. The Morgan fingerprint density at radius 3 is 2.48 bits per heavy atom. The molecule has 0 bridgehead atoms. The monoisotopic (exact) mass is 341 g/mol. The van der Waals surface area contributed by atoms with Gasteiger partial charge in [0.15, 0.2) is 0 Å². The normalized spacial score (nSPS) is 11.1. The number of halogens is 2. The SMILES string of the molecule is N#Cc1ccc(CNS(=O)(=O)c2cnc(Cl)c(Cl)c2)cc1. The molecule has 0 aliphatic carbocycles. The Bertz CT molecular complexity index is 799. The van der Waals surface area contributed by atoms with Crippen molar-refractivity contribution in [2.45, 2.75) is 11.4 Å². The van der Waals surface area contributed by atoms with Crippen LogP contribution in [0.15, 0.2) is 41.4 Å². The average Bonchev–Trinajstić information content (AvgIpc) is 2.48. The van der Waals surface area contributed by atoms with Crippen molar-refractivity contribution in [2.24, 2.45) is 0 Å². The van der Waals surface area contributed by atoms with Crippen LogP contribution in [0.5, 0.6) is 0 Å². The molecule has 1 heterocycles. The minimum absolute atomic E-state index is 0.0442. The second-order valence-electron chi connectivity index (χ2n) is 4.08. The summed E-state index contributed by atoms with van der Waals surface area (Å²) in [7, 11) is -3.73. The van der Waals surface area contributed by atoms with Gasteiger partial charge in [-0.2, -0.15) is 5.26 Å². The third-order valence-corrected chi connectivity index (χ3v) is 4.69. The van der Waals surface area contributed by atoms with Gasteiger partial charge in [-0.25, -0.2) is 18.1 Å². The van der Waals surface area contributed by atoms with Crippen LogP contribution in [0.3, 0.4) is 0 Å². The van der Waals surface area contributed by atoms with Crippen molar-refractivity contribution < 1.29 is 8.42 Å². The number of benzene rings is 1. The lowest BCUT2D eigenvalue weighted by Gasteiger charge is -2.07. The van der Waals surface area contributed by atoms with E-state index in [1.165, 1.54) is 6.07 Å². The predicted octanol–water partition coefficient (Wildman–Crippen LogP) is 2.74. The Morgan fingerprint density at radius 2 is 1.90 bits per heavy atom. The van der Waals surface area contributed by atoms with Crippen molar-refractivity contribution in [2.75, 3.05) is 0 Å². The maximum absolute atomic E-state index is 12.1. The zero-order valence-electron chi connectivity index (χ0n) is 10.5. The molecule has 108 valence electrons. The molecule has 0 aliphatic rings. The zero-order chi connectivity index (χ0) is 15.5. The highest BCUT2D eigenvalue weighted by molar-refractivity contribution is 7.89. The van der Waals surface area contributed by atoms with E-state index in [9.17, 15) is 8.42 Å². The summed E-state index contributed by atoms with van der Waals surface area (Å²) in [5.74, 6) is 0. The highest BCUT2D eigenvalue weighted by atomic mass is 35.5. The van der Waals surface area contributed by atoms with Gasteiger partial charge in [0.05, 0.1) is 16.7 Å². The molecule has 0 fully saturated rings. The number of nitrogens with one attached hydrogen (secondary N) is 1. The summed E-state index contributed by atoms with van der Waals surface area (Å²) in [6.07, 6.45) is 1.13. The number of hydrogen-bond donors (Lipinski definition) is 1. The van der Waals surface area contributed by atoms with Crippen molar-refractivity contribution in [3.05, 3.63) is 57.8 Å². The standard InChI is InChI=1S/C13H9Cl2N3O2S/c14-12-5-11(8-17-13(12)15)21(19,20)18-7-10-3-1-9(6-16)2-4-10/h1-5,8,18H,7H2. The van der Waals surface area contributed by atoms with Crippen molar-refractivity contribution >= 4 is 33.2 Å². The summed E-state index contributed by atoms with van der Waals surface area (Å²) in [6.45, 7) is 0.0916. The van der Waals surface area contributed by atoms with Crippen LogP contribution in [-0.4, -0.2) is 13.4 Å². The van der Waals surface area contributed by atoms with Crippen LogP contribution < -0.4 is 4.72 Å². The van der Waals surface area contributed by atoms with Crippen molar-refractivity contribution in [3.8, 4) is 6.07 Å². The largest absolute Gasteiger partial charge is 0.242 e.